The molecule has 104 valence electrons. The molecule has 1 saturated carbocycles. The van der Waals surface area contributed by atoms with Gasteiger partial charge in [0.15, 0.2) is 0 Å². The Morgan fingerprint density at radius 2 is 1.89 bits per heavy atom. The normalized spacial score (nSPS) is 27.9. The molecule has 1 amide bonds. The predicted molar refractivity (Wildman–Crippen MR) is 70.0 cm³/mol. The summed E-state index contributed by atoms with van der Waals surface area (Å²) >= 11 is 0. The Balaban J connectivity index is 2.47. The van der Waals surface area contributed by atoms with Gasteiger partial charge in [0.25, 0.3) is 0 Å². The molecule has 1 aliphatic rings. The molecular weight excluding hydrogens is 230 g/mol. The zero-order valence-electron chi connectivity index (χ0n) is 11.9. The molecule has 0 aromatic carbocycles. The van der Waals surface area contributed by atoms with Crippen LogP contribution >= 0.6 is 0 Å². The van der Waals surface area contributed by atoms with E-state index < -0.39 is 17.5 Å². The molecular formula is C14H25NO3. The van der Waals surface area contributed by atoms with Gasteiger partial charge >= 0.3 is 11.9 Å². The zero-order chi connectivity index (χ0) is 13.8. The molecule has 1 fully saturated rings. The van der Waals surface area contributed by atoms with Crippen molar-refractivity contribution >= 4 is 11.9 Å². The van der Waals surface area contributed by atoms with Crippen LogP contribution in [-0.4, -0.2) is 24.0 Å². The Morgan fingerprint density at radius 1 is 1.33 bits per heavy atom. The molecule has 0 radical (unpaired) electrons. The lowest BCUT2D eigenvalue weighted by Crippen LogP contribution is -2.42. The number of likely N-dealkylation sites (N-methyl/N-ethyl adjacent to an activating group) is 1. The molecule has 1 aliphatic carbocycles. The summed E-state index contributed by atoms with van der Waals surface area (Å²) in [6, 6.07) is 0. The third kappa shape index (κ3) is 4.00. The van der Waals surface area contributed by atoms with Crippen molar-refractivity contribution in [3.05, 3.63) is 0 Å². The topological polar surface area (TPSA) is 55.4 Å². The van der Waals surface area contributed by atoms with Crippen LogP contribution in [0.15, 0.2) is 0 Å². The Labute approximate surface area is 109 Å². The quantitative estimate of drug-likeness (QED) is 0.621. The van der Waals surface area contributed by atoms with Gasteiger partial charge < -0.3 is 10.1 Å². The minimum absolute atomic E-state index is 0.445. The van der Waals surface area contributed by atoms with E-state index in [9.17, 15) is 9.59 Å². The van der Waals surface area contributed by atoms with Crippen LogP contribution in [0.1, 0.15) is 53.4 Å². The average Bonchev–Trinajstić information content (AvgIpc) is 2.29. The second-order valence-corrected chi connectivity index (χ2v) is 5.78. The number of carbonyl (C=O) groups is 2. The van der Waals surface area contributed by atoms with E-state index in [-0.39, 0.29) is 0 Å². The van der Waals surface area contributed by atoms with Crippen molar-refractivity contribution in [2.45, 2.75) is 59.0 Å². The van der Waals surface area contributed by atoms with Crippen LogP contribution in [0.2, 0.25) is 0 Å². The van der Waals surface area contributed by atoms with Crippen molar-refractivity contribution in [3.8, 4) is 0 Å². The smallest absolute Gasteiger partial charge is 0.397 e. The molecule has 1 rings (SSSR count). The molecule has 0 spiro atoms. The SMILES string of the molecule is CCNC(=O)C(=O)OC1(C)CCC(C(C)C)CC1. The van der Waals surface area contributed by atoms with E-state index in [1.807, 2.05) is 6.92 Å². The number of hydrogen-bond acceptors (Lipinski definition) is 3. The lowest BCUT2D eigenvalue weighted by molar-refractivity contribution is -0.169. The molecule has 0 bridgehead atoms. The fourth-order valence-corrected chi connectivity index (χ4v) is 2.52. The highest BCUT2D eigenvalue weighted by atomic mass is 16.6. The maximum Gasteiger partial charge on any atom is 0.397 e. The number of hydrogen-bond donors (Lipinski definition) is 1. The van der Waals surface area contributed by atoms with Crippen molar-refractivity contribution in [1.29, 1.82) is 0 Å². The van der Waals surface area contributed by atoms with Crippen LogP contribution in [0, 0.1) is 11.8 Å². The number of esters is 1. The van der Waals surface area contributed by atoms with Gasteiger partial charge in [-0.3, -0.25) is 4.79 Å². The van der Waals surface area contributed by atoms with E-state index >= 15 is 0 Å². The highest BCUT2D eigenvalue weighted by Gasteiger charge is 2.36. The first-order valence-electron chi connectivity index (χ1n) is 6.89. The van der Waals surface area contributed by atoms with Gasteiger partial charge in [-0.05, 0) is 51.4 Å². The van der Waals surface area contributed by atoms with Gasteiger partial charge in [-0.2, -0.15) is 0 Å². The van der Waals surface area contributed by atoms with Crippen molar-refractivity contribution < 1.29 is 14.3 Å². The van der Waals surface area contributed by atoms with E-state index in [1.165, 1.54) is 0 Å². The number of nitrogens with one attached hydrogen (secondary N) is 1. The molecule has 0 aromatic heterocycles. The highest BCUT2D eigenvalue weighted by Crippen LogP contribution is 2.37. The van der Waals surface area contributed by atoms with E-state index in [0.29, 0.717) is 18.4 Å². The van der Waals surface area contributed by atoms with Gasteiger partial charge in [0.2, 0.25) is 0 Å². The maximum absolute atomic E-state index is 11.6. The monoisotopic (exact) mass is 255 g/mol. The van der Waals surface area contributed by atoms with Gasteiger partial charge in [0.1, 0.15) is 5.60 Å². The van der Waals surface area contributed by atoms with Crippen LogP contribution in [0.3, 0.4) is 0 Å². The summed E-state index contributed by atoms with van der Waals surface area (Å²) in [4.78, 5) is 22.9. The summed E-state index contributed by atoms with van der Waals surface area (Å²) in [7, 11) is 0. The largest absolute Gasteiger partial charge is 0.452 e. The van der Waals surface area contributed by atoms with Crippen molar-refractivity contribution in [2.24, 2.45) is 11.8 Å². The Kier molecular flexibility index (Phi) is 5.17. The molecule has 0 aliphatic heterocycles. The van der Waals surface area contributed by atoms with Gasteiger partial charge in [0.05, 0.1) is 0 Å². The van der Waals surface area contributed by atoms with E-state index in [4.69, 9.17) is 4.74 Å². The minimum Gasteiger partial charge on any atom is -0.452 e. The number of carbonyl (C=O) groups excluding carboxylic acids is 2. The van der Waals surface area contributed by atoms with Gasteiger partial charge in [-0.25, -0.2) is 4.79 Å². The summed E-state index contributed by atoms with van der Waals surface area (Å²) in [5.41, 5.74) is -0.465. The fourth-order valence-electron chi connectivity index (χ4n) is 2.52. The number of ether oxygens (including phenoxy) is 1. The summed E-state index contributed by atoms with van der Waals surface area (Å²) in [6.45, 7) is 8.61. The summed E-state index contributed by atoms with van der Waals surface area (Å²) < 4.78 is 5.37. The lowest BCUT2D eigenvalue weighted by Gasteiger charge is -2.38. The molecule has 18 heavy (non-hydrogen) atoms. The van der Waals surface area contributed by atoms with Gasteiger partial charge in [0, 0.05) is 6.54 Å². The minimum atomic E-state index is -0.748. The summed E-state index contributed by atoms with van der Waals surface area (Å²) in [5, 5.41) is 2.47. The van der Waals surface area contributed by atoms with Crippen molar-refractivity contribution in [3.63, 3.8) is 0 Å². The third-order valence-corrected chi connectivity index (χ3v) is 3.89. The van der Waals surface area contributed by atoms with Crippen molar-refractivity contribution in [1.82, 2.24) is 5.32 Å². The summed E-state index contributed by atoms with van der Waals surface area (Å²) in [5.74, 6) is 0.00180. The maximum atomic E-state index is 11.6. The first-order chi connectivity index (χ1) is 8.38. The highest BCUT2D eigenvalue weighted by molar-refractivity contribution is 6.32. The van der Waals surface area contributed by atoms with Crippen LogP contribution in [0.25, 0.3) is 0 Å². The molecule has 0 saturated heterocycles. The van der Waals surface area contributed by atoms with Crippen LogP contribution in [0.5, 0.6) is 0 Å². The first kappa shape index (κ1) is 15.0. The molecule has 0 heterocycles. The van der Waals surface area contributed by atoms with Crippen LogP contribution < -0.4 is 5.32 Å². The van der Waals surface area contributed by atoms with Gasteiger partial charge in [-0.1, -0.05) is 13.8 Å². The fraction of sp³-hybridized carbons (Fsp3) is 0.857. The zero-order valence-corrected chi connectivity index (χ0v) is 11.9. The molecule has 1 N–H and O–H groups in total. The van der Waals surface area contributed by atoms with E-state index in [2.05, 4.69) is 19.2 Å². The van der Waals surface area contributed by atoms with Crippen molar-refractivity contribution in [2.75, 3.05) is 6.54 Å². The Hall–Kier alpha value is -1.06. The van der Waals surface area contributed by atoms with Gasteiger partial charge in [-0.15, -0.1) is 0 Å². The predicted octanol–water partition coefficient (Wildman–Crippen LogP) is 2.27. The second kappa shape index (κ2) is 6.21. The van der Waals surface area contributed by atoms with Crippen LogP contribution in [0.4, 0.5) is 0 Å². The Morgan fingerprint density at radius 3 is 2.33 bits per heavy atom. The van der Waals surface area contributed by atoms with Crippen LogP contribution in [-0.2, 0) is 14.3 Å². The molecule has 4 heteroatoms. The number of rotatable bonds is 3. The standard InChI is InChI=1S/C14H25NO3/c1-5-15-12(16)13(17)18-14(4)8-6-11(7-9-14)10(2)3/h10-11H,5-9H2,1-4H3,(H,15,16). The molecule has 4 nitrogen and oxygen atoms in total. The number of amides is 1. The third-order valence-electron chi connectivity index (χ3n) is 3.89. The molecule has 0 aromatic rings. The molecule has 0 atom stereocenters. The average molecular weight is 255 g/mol. The van der Waals surface area contributed by atoms with E-state index in [0.717, 1.165) is 25.7 Å². The lowest BCUT2D eigenvalue weighted by atomic mass is 9.75. The molecule has 0 unspecified atom stereocenters. The second-order valence-electron chi connectivity index (χ2n) is 5.78. The van der Waals surface area contributed by atoms with E-state index in [1.54, 1.807) is 6.92 Å². The summed E-state index contributed by atoms with van der Waals surface area (Å²) in [6.07, 6.45) is 3.83. The first-order valence-corrected chi connectivity index (χ1v) is 6.89. The Bertz CT molecular complexity index is 304.